The standard InChI is InChI=1S/C12H17N5O3S/c1-5(2)6-4-7(20-17-6)10(19)16-11-8(9(13)18)15-12(14-3)21-11/h5,7H,4H2,1-3H3,(H2,13,18)(H,14,15)(H,16,19). The van der Waals surface area contributed by atoms with Crippen molar-refractivity contribution in [2.75, 3.05) is 17.7 Å². The third-order valence-electron chi connectivity index (χ3n) is 2.96. The predicted molar refractivity (Wildman–Crippen MR) is 80.6 cm³/mol. The average molecular weight is 311 g/mol. The van der Waals surface area contributed by atoms with E-state index >= 15 is 0 Å². The van der Waals surface area contributed by atoms with Crippen molar-refractivity contribution < 1.29 is 14.4 Å². The van der Waals surface area contributed by atoms with Crippen molar-refractivity contribution in [3.63, 3.8) is 0 Å². The van der Waals surface area contributed by atoms with Crippen LogP contribution >= 0.6 is 11.3 Å². The normalized spacial score (nSPS) is 17.3. The molecule has 2 rings (SSSR count). The van der Waals surface area contributed by atoms with Crippen LogP contribution in [-0.4, -0.2) is 35.7 Å². The molecule has 0 saturated heterocycles. The highest BCUT2D eigenvalue weighted by Gasteiger charge is 2.30. The number of aromatic nitrogens is 1. The van der Waals surface area contributed by atoms with Gasteiger partial charge in [0.25, 0.3) is 11.8 Å². The number of carbonyl (C=O) groups excluding carboxylic acids is 2. The first-order valence-electron chi connectivity index (χ1n) is 6.44. The highest BCUT2D eigenvalue weighted by molar-refractivity contribution is 7.20. The molecule has 0 saturated carbocycles. The van der Waals surface area contributed by atoms with Crippen LogP contribution in [0, 0.1) is 5.92 Å². The van der Waals surface area contributed by atoms with Crippen LogP contribution in [0.5, 0.6) is 0 Å². The Kier molecular flexibility index (Phi) is 4.41. The highest BCUT2D eigenvalue weighted by Crippen LogP contribution is 2.28. The number of thiazole rings is 1. The lowest BCUT2D eigenvalue weighted by atomic mass is 10.0. The molecule has 1 atom stereocenters. The van der Waals surface area contributed by atoms with E-state index in [0.717, 1.165) is 17.0 Å². The number of rotatable bonds is 5. The molecule has 1 aromatic rings. The number of nitrogens with one attached hydrogen (secondary N) is 2. The number of nitrogens with two attached hydrogens (primary N) is 1. The van der Waals surface area contributed by atoms with Gasteiger partial charge in [-0.2, -0.15) is 0 Å². The van der Waals surface area contributed by atoms with Gasteiger partial charge in [-0.05, 0) is 5.92 Å². The van der Waals surface area contributed by atoms with Crippen LogP contribution in [0.1, 0.15) is 30.8 Å². The Morgan fingerprint density at radius 2 is 2.19 bits per heavy atom. The Morgan fingerprint density at radius 1 is 1.48 bits per heavy atom. The number of primary amides is 1. The second kappa shape index (κ2) is 6.08. The maximum Gasteiger partial charge on any atom is 0.270 e. The molecule has 1 aliphatic heterocycles. The molecule has 2 amide bonds. The molecule has 0 aliphatic carbocycles. The summed E-state index contributed by atoms with van der Waals surface area (Å²) < 4.78 is 0. The minimum absolute atomic E-state index is 0.0284. The molecule has 0 radical (unpaired) electrons. The summed E-state index contributed by atoms with van der Waals surface area (Å²) >= 11 is 1.13. The van der Waals surface area contributed by atoms with Crippen LogP contribution in [0.3, 0.4) is 0 Å². The summed E-state index contributed by atoms with van der Waals surface area (Å²) in [6, 6.07) is 0. The molecule has 8 nitrogen and oxygen atoms in total. The van der Waals surface area contributed by atoms with Crippen molar-refractivity contribution in [1.82, 2.24) is 4.98 Å². The fourth-order valence-corrected chi connectivity index (χ4v) is 2.58. The summed E-state index contributed by atoms with van der Waals surface area (Å²) in [4.78, 5) is 32.6. The molecule has 0 spiro atoms. The summed E-state index contributed by atoms with van der Waals surface area (Å²) in [6.45, 7) is 3.96. The second-order valence-electron chi connectivity index (χ2n) is 4.84. The van der Waals surface area contributed by atoms with Crippen molar-refractivity contribution in [3.8, 4) is 0 Å². The fourth-order valence-electron chi connectivity index (χ4n) is 1.75. The van der Waals surface area contributed by atoms with Crippen LogP contribution in [0.25, 0.3) is 0 Å². The molecular weight excluding hydrogens is 294 g/mol. The lowest BCUT2D eigenvalue weighted by molar-refractivity contribution is -0.125. The van der Waals surface area contributed by atoms with E-state index < -0.39 is 12.0 Å². The van der Waals surface area contributed by atoms with Gasteiger partial charge in [-0.15, -0.1) is 0 Å². The molecule has 114 valence electrons. The van der Waals surface area contributed by atoms with Crippen LogP contribution < -0.4 is 16.4 Å². The molecule has 1 aromatic heterocycles. The summed E-state index contributed by atoms with van der Waals surface area (Å²) in [5, 5.41) is 10.1. The number of nitrogens with zero attached hydrogens (tertiary/aromatic N) is 2. The summed E-state index contributed by atoms with van der Waals surface area (Å²) in [5.74, 6) is -0.846. The van der Waals surface area contributed by atoms with E-state index in [4.69, 9.17) is 10.6 Å². The molecule has 0 aromatic carbocycles. The van der Waals surface area contributed by atoms with E-state index in [9.17, 15) is 9.59 Å². The summed E-state index contributed by atoms with van der Waals surface area (Å²) in [5.41, 5.74) is 6.11. The zero-order valence-electron chi connectivity index (χ0n) is 12.0. The average Bonchev–Trinajstić information content (AvgIpc) is 3.04. The topological polar surface area (TPSA) is 119 Å². The van der Waals surface area contributed by atoms with Crippen LogP contribution in [0.4, 0.5) is 10.1 Å². The first-order chi connectivity index (χ1) is 9.92. The van der Waals surface area contributed by atoms with Crippen molar-refractivity contribution in [2.24, 2.45) is 16.8 Å². The summed E-state index contributed by atoms with van der Waals surface area (Å²) in [6.07, 6.45) is -0.254. The minimum atomic E-state index is -0.700. The fraction of sp³-hybridized carbons (Fsp3) is 0.500. The third-order valence-corrected chi connectivity index (χ3v) is 3.95. The van der Waals surface area contributed by atoms with E-state index in [1.54, 1.807) is 7.05 Å². The molecule has 0 bridgehead atoms. The zero-order chi connectivity index (χ0) is 15.6. The van der Waals surface area contributed by atoms with E-state index in [1.165, 1.54) is 0 Å². The first-order valence-corrected chi connectivity index (χ1v) is 7.25. The Morgan fingerprint density at radius 3 is 2.71 bits per heavy atom. The van der Waals surface area contributed by atoms with Gasteiger partial charge >= 0.3 is 0 Å². The molecule has 21 heavy (non-hydrogen) atoms. The van der Waals surface area contributed by atoms with Gasteiger partial charge in [0.15, 0.2) is 10.8 Å². The molecular formula is C12H17N5O3S. The van der Waals surface area contributed by atoms with Crippen LogP contribution in [0.2, 0.25) is 0 Å². The Labute approximate surface area is 125 Å². The van der Waals surface area contributed by atoms with E-state index in [-0.39, 0.29) is 17.5 Å². The van der Waals surface area contributed by atoms with Gasteiger partial charge in [0.2, 0.25) is 6.10 Å². The van der Waals surface area contributed by atoms with E-state index in [0.29, 0.717) is 16.6 Å². The van der Waals surface area contributed by atoms with Gasteiger partial charge in [0, 0.05) is 13.5 Å². The van der Waals surface area contributed by atoms with Crippen molar-refractivity contribution >= 4 is 39.0 Å². The maximum absolute atomic E-state index is 12.2. The largest absolute Gasteiger partial charge is 0.382 e. The van der Waals surface area contributed by atoms with Gasteiger partial charge in [-0.1, -0.05) is 30.3 Å². The number of hydrogen-bond acceptors (Lipinski definition) is 7. The van der Waals surface area contributed by atoms with Gasteiger partial charge < -0.3 is 21.2 Å². The van der Waals surface area contributed by atoms with Crippen molar-refractivity contribution in [1.29, 1.82) is 0 Å². The Balaban J connectivity index is 2.07. The quantitative estimate of drug-likeness (QED) is 0.750. The number of carbonyl (C=O) groups is 2. The van der Waals surface area contributed by atoms with Crippen molar-refractivity contribution in [2.45, 2.75) is 26.4 Å². The van der Waals surface area contributed by atoms with Gasteiger partial charge in [-0.3, -0.25) is 9.59 Å². The lowest BCUT2D eigenvalue weighted by Gasteiger charge is -2.08. The predicted octanol–water partition coefficient (Wildman–Crippen LogP) is 1.02. The number of hydrogen-bond donors (Lipinski definition) is 3. The lowest BCUT2D eigenvalue weighted by Crippen LogP contribution is -2.29. The first kappa shape index (κ1) is 15.2. The zero-order valence-corrected chi connectivity index (χ0v) is 12.8. The molecule has 0 fully saturated rings. The molecule has 9 heteroatoms. The monoisotopic (exact) mass is 311 g/mol. The SMILES string of the molecule is CNc1nc(C(N)=O)c(NC(=O)C2CC(C(C)C)=NO2)s1. The maximum atomic E-state index is 12.2. The smallest absolute Gasteiger partial charge is 0.270 e. The van der Waals surface area contributed by atoms with Crippen LogP contribution in [-0.2, 0) is 9.63 Å². The minimum Gasteiger partial charge on any atom is -0.382 e. The Bertz CT molecular complexity index is 596. The molecule has 4 N–H and O–H groups in total. The molecule has 1 unspecified atom stereocenters. The number of amides is 2. The van der Waals surface area contributed by atoms with Crippen molar-refractivity contribution in [3.05, 3.63) is 5.69 Å². The summed E-state index contributed by atoms with van der Waals surface area (Å²) in [7, 11) is 1.66. The van der Waals surface area contributed by atoms with Crippen LogP contribution in [0.15, 0.2) is 5.16 Å². The third kappa shape index (κ3) is 3.30. The number of anilines is 2. The van der Waals surface area contributed by atoms with E-state index in [1.807, 2.05) is 13.8 Å². The Hall–Kier alpha value is -2.16. The molecule has 1 aliphatic rings. The molecule has 2 heterocycles. The highest BCUT2D eigenvalue weighted by atomic mass is 32.1. The van der Waals surface area contributed by atoms with Gasteiger partial charge in [0.1, 0.15) is 5.00 Å². The second-order valence-corrected chi connectivity index (χ2v) is 5.83. The van der Waals surface area contributed by atoms with Gasteiger partial charge in [-0.25, -0.2) is 4.98 Å². The van der Waals surface area contributed by atoms with E-state index in [2.05, 4.69) is 20.8 Å². The van der Waals surface area contributed by atoms with Gasteiger partial charge in [0.05, 0.1) is 5.71 Å². The number of oxime groups is 1.